The molecule has 0 saturated heterocycles. The Morgan fingerprint density at radius 3 is 2.73 bits per heavy atom. The Hall–Kier alpha value is -1.38. The lowest BCUT2D eigenvalue weighted by atomic mass is 10.2. The Labute approximate surface area is 64.4 Å². The molecule has 11 heavy (non-hydrogen) atoms. The van der Waals surface area contributed by atoms with Crippen molar-refractivity contribution in [3.05, 3.63) is 24.0 Å². The van der Waals surface area contributed by atoms with Gasteiger partial charge in [0.15, 0.2) is 5.78 Å². The van der Waals surface area contributed by atoms with Crippen LogP contribution in [0.25, 0.3) is 0 Å². The molecule has 1 rings (SSSR count). The highest BCUT2D eigenvalue weighted by Gasteiger charge is 2.07. The molecule has 0 spiro atoms. The van der Waals surface area contributed by atoms with Crippen LogP contribution in [-0.2, 0) is 4.79 Å². The van der Waals surface area contributed by atoms with Crippen LogP contribution in [0.1, 0.15) is 23.8 Å². The number of aromatic amines is 1. The zero-order valence-corrected chi connectivity index (χ0v) is 6.26. The van der Waals surface area contributed by atoms with Crippen LogP contribution < -0.4 is 0 Å². The zero-order valence-electron chi connectivity index (χ0n) is 6.26. The van der Waals surface area contributed by atoms with E-state index in [1.165, 1.54) is 6.92 Å². The van der Waals surface area contributed by atoms with E-state index in [1.807, 2.05) is 0 Å². The van der Waals surface area contributed by atoms with Crippen molar-refractivity contribution in [3.8, 4) is 0 Å². The second-order valence-electron chi connectivity index (χ2n) is 2.39. The van der Waals surface area contributed by atoms with E-state index in [4.69, 9.17) is 0 Å². The molecule has 1 aromatic heterocycles. The summed E-state index contributed by atoms with van der Waals surface area (Å²) in [6.45, 7) is 1.40. The van der Waals surface area contributed by atoms with Crippen molar-refractivity contribution in [3.63, 3.8) is 0 Å². The van der Waals surface area contributed by atoms with Gasteiger partial charge in [-0.25, -0.2) is 0 Å². The molecule has 0 aliphatic carbocycles. The smallest absolute Gasteiger partial charge is 0.186 e. The van der Waals surface area contributed by atoms with E-state index in [2.05, 4.69) is 4.98 Å². The van der Waals surface area contributed by atoms with Crippen molar-refractivity contribution in [2.75, 3.05) is 0 Å². The minimum Gasteiger partial charge on any atom is -0.359 e. The van der Waals surface area contributed by atoms with Crippen LogP contribution in [0.15, 0.2) is 18.3 Å². The molecule has 58 valence electrons. The maximum atomic E-state index is 11.1. The van der Waals surface area contributed by atoms with Crippen molar-refractivity contribution in [1.82, 2.24) is 4.98 Å². The summed E-state index contributed by atoms with van der Waals surface area (Å²) in [5.74, 6) is -0.257. The van der Waals surface area contributed by atoms with Gasteiger partial charge in [-0.15, -0.1) is 0 Å². The van der Waals surface area contributed by atoms with Crippen LogP contribution in [-0.4, -0.2) is 16.6 Å². The topological polar surface area (TPSA) is 49.9 Å². The zero-order chi connectivity index (χ0) is 8.27. The summed E-state index contributed by atoms with van der Waals surface area (Å²) < 4.78 is 0. The minimum absolute atomic E-state index is 0.0134. The van der Waals surface area contributed by atoms with Gasteiger partial charge in [-0.3, -0.25) is 9.59 Å². The minimum atomic E-state index is -0.150. The maximum Gasteiger partial charge on any atom is 0.186 e. The number of carbonyl (C=O) groups excluding carboxylic acids is 2. The van der Waals surface area contributed by atoms with Gasteiger partial charge in [-0.1, -0.05) is 0 Å². The Balaban J connectivity index is 2.64. The maximum absolute atomic E-state index is 11.1. The van der Waals surface area contributed by atoms with Gasteiger partial charge in [-0.05, 0) is 19.1 Å². The van der Waals surface area contributed by atoms with E-state index in [0.29, 0.717) is 5.69 Å². The van der Waals surface area contributed by atoms with E-state index in [1.54, 1.807) is 18.3 Å². The predicted octanol–water partition coefficient (Wildman–Crippen LogP) is 1.18. The third-order valence-electron chi connectivity index (χ3n) is 1.31. The number of aromatic nitrogens is 1. The Kier molecular flexibility index (Phi) is 2.21. The highest BCUT2D eigenvalue weighted by Crippen LogP contribution is 1.99. The lowest BCUT2D eigenvalue weighted by Crippen LogP contribution is -2.04. The largest absolute Gasteiger partial charge is 0.359 e. The summed E-state index contributed by atoms with van der Waals surface area (Å²) in [6.07, 6.45) is 1.65. The number of Topliss-reactive ketones (excluding diaryl/α,β-unsaturated/α-hetero) is 2. The fourth-order valence-electron chi connectivity index (χ4n) is 0.825. The molecule has 0 atom stereocenters. The molecule has 1 N–H and O–H groups in total. The number of H-pyrrole nitrogens is 1. The Morgan fingerprint density at radius 1 is 1.55 bits per heavy atom. The number of carbonyl (C=O) groups is 2. The van der Waals surface area contributed by atoms with Crippen molar-refractivity contribution < 1.29 is 9.59 Å². The van der Waals surface area contributed by atoms with Gasteiger partial charge in [0.1, 0.15) is 5.78 Å². The van der Waals surface area contributed by atoms with E-state index < -0.39 is 0 Å². The van der Waals surface area contributed by atoms with Crippen molar-refractivity contribution in [1.29, 1.82) is 0 Å². The molecule has 0 bridgehead atoms. The first-order valence-electron chi connectivity index (χ1n) is 3.36. The summed E-state index contributed by atoms with van der Waals surface area (Å²) in [7, 11) is 0. The van der Waals surface area contributed by atoms with Gasteiger partial charge < -0.3 is 4.98 Å². The highest BCUT2D eigenvalue weighted by molar-refractivity contribution is 6.06. The van der Waals surface area contributed by atoms with E-state index in [9.17, 15) is 9.59 Å². The normalized spacial score (nSPS) is 9.55. The monoisotopic (exact) mass is 151 g/mol. The molecule has 3 nitrogen and oxygen atoms in total. The van der Waals surface area contributed by atoms with Crippen LogP contribution in [0.4, 0.5) is 0 Å². The fraction of sp³-hybridized carbons (Fsp3) is 0.250. The van der Waals surface area contributed by atoms with Crippen LogP contribution in [0.2, 0.25) is 0 Å². The Bertz CT molecular complexity index is 262. The highest BCUT2D eigenvalue weighted by atomic mass is 16.1. The molecule has 0 aliphatic heterocycles. The van der Waals surface area contributed by atoms with Crippen molar-refractivity contribution in [2.24, 2.45) is 0 Å². The fourth-order valence-corrected chi connectivity index (χ4v) is 0.825. The summed E-state index contributed by atoms with van der Waals surface area (Å²) in [5, 5.41) is 0. The SMILES string of the molecule is CC(=O)CC(=O)c1ccc[nH]1. The first kappa shape index (κ1) is 7.72. The van der Waals surface area contributed by atoms with Crippen LogP contribution in [0.5, 0.6) is 0 Å². The lowest BCUT2D eigenvalue weighted by molar-refractivity contribution is -0.116. The summed E-state index contributed by atoms with van der Waals surface area (Å²) in [6, 6.07) is 3.39. The first-order valence-corrected chi connectivity index (χ1v) is 3.36. The number of ketones is 2. The van der Waals surface area contributed by atoms with E-state index >= 15 is 0 Å². The van der Waals surface area contributed by atoms with E-state index in [0.717, 1.165) is 0 Å². The van der Waals surface area contributed by atoms with Gasteiger partial charge in [-0.2, -0.15) is 0 Å². The van der Waals surface area contributed by atoms with Crippen molar-refractivity contribution >= 4 is 11.6 Å². The summed E-state index contributed by atoms with van der Waals surface area (Å²) in [5.41, 5.74) is 0.500. The third-order valence-corrected chi connectivity index (χ3v) is 1.31. The average molecular weight is 151 g/mol. The van der Waals surface area contributed by atoms with E-state index in [-0.39, 0.29) is 18.0 Å². The van der Waals surface area contributed by atoms with Gasteiger partial charge >= 0.3 is 0 Å². The molecule has 1 aromatic rings. The molecule has 0 fully saturated rings. The number of hydrogen-bond donors (Lipinski definition) is 1. The second kappa shape index (κ2) is 3.14. The standard InChI is InChI=1S/C8H9NO2/c1-6(10)5-8(11)7-3-2-4-9-7/h2-4,9H,5H2,1H3. The quantitative estimate of drug-likeness (QED) is 0.520. The molecule has 0 saturated carbocycles. The first-order chi connectivity index (χ1) is 5.20. The van der Waals surface area contributed by atoms with Crippen molar-refractivity contribution in [2.45, 2.75) is 13.3 Å². The molecule has 0 unspecified atom stereocenters. The molecule has 0 amide bonds. The van der Waals surface area contributed by atoms with Gasteiger partial charge in [0, 0.05) is 6.20 Å². The molecular formula is C8H9NO2. The third kappa shape index (κ3) is 2.04. The predicted molar refractivity (Wildman–Crippen MR) is 40.4 cm³/mol. The molecular weight excluding hydrogens is 142 g/mol. The van der Waals surface area contributed by atoms with Gasteiger partial charge in [0.05, 0.1) is 12.1 Å². The summed E-state index contributed by atoms with van der Waals surface area (Å²) in [4.78, 5) is 24.3. The summed E-state index contributed by atoms with van der Waals surface area (Å²) >= 11 is 0. The average Bonchev–Trinajstić information content (AvgIpc) is 2.35. The second-order valence-corrected chi connectivity index (χ2v) is 2.39. The van der Waals surface area contributed by atoms with Crippen LogP contribution in [0.3, 0.4) is 0 Å². The number of nitrogens with one attached hydrogen (secondary N) is 1. The lowest BCUT2D eigenvalue weighted by Gasteiger charge is -1.91. The molecule has 0 aliphatic rings. The van der Waals surface area contributed by atoms with Crippen LogP contribution >= 0.6 is 0 Å². The number of hydrogen-bond acceptors (Lipinski definition) is 2. The van der Waals surface area contributed by atoms with Crippen LogP contribution in [0, 0.1) is 0 Å². The molecule has 0 radical (unpaired) electrons. The number of rotatable bonds is 3. The Morgan fingerprint density at radius 2 is 2.27 bits per heavy atom. The van der Waals surface area contributed by atoms with Gasteiger partial charge in [0.25, 0.3) is 0 Å². The molecule has 3 heteroatoms. The molecule has 1 heterocycles. The van der Waals surface area contributed by atoms with Gasteiger partial charge in [0.2, 0.25) is 0 Å². The molecule has 0 aromatic carbocycles.